The van der Waals surface area contributed by atoms with Crippen molar-refractivity contribution in [2.45, 2.75) is 45.1 Å². The van der Waals surface area contributed by atoms with E-state index in [0.29, 0.717) is 23.4 Å². The summed E-state index contributed by atoms with van der Waals surface area (Å²) in [4.78, 5) is 17.4. The molecule has 0 aliphatic heterocycles. The Morgan fingerprint density at radius 2 is 2.07 bits per heavy atom. The number of nitriles is 1. The van der Waals surface area contributed by atoms with Crippen LogP contribution in [0.15, 0.2) is 36.5 Å². The van der Waals surface area contributed by atoms with Gasteiger partial charge in [-0.05, 0) is 31.4 Å². The number of fused-ring (bicyclic) bond motifs is 1. The molecule has 6 nitrogen and oxygen atoms in total. The third-order valence-corrected chi connectivity index (χ3v) is 5.23. The zero-order chi connectivity index (χ0) is 18.8. The average molecular weight is 359 g/mol. The first-order valence-corrected chi connectivity index (χ1v) is 9.39. The Bertz CT molecular complexity index is 1040. The molecule has 1 fully saturated rings. The minimum atomic E-state index is -0.244. The van der Waals surface area contributed by atoms with Crippen LogP contribution in [0.4, 0.5) is 5.82 Å². The van der Waals surface area contributed by atoms with Gasteiger partial charge in [-0.1, -0.05) is 38.0 Å². The topological polar surface area (TPSA) is 83.6 Å². The quantitative estimate of drug-likeness (QED) is 0.755. The van der Waals surface area contributed by atoms with Gasteiger partial charge in [0.05, 0.1) is 22.8 Å². The maximum Gasteiger partial charge on any atom is 0.257 e. The van der Waals surface area contributed by atoms with Gasteiger partial charge < -0.3 is 5.32 Å². The molecule has 2 aromatic heterocycles. The molecule has 0 spiro atoms. The lowest BCUT2D eigenvalue weighted by atomic mass is 10.1. The van der Waals surface area contributed by atoms with Crippen molar-refractivity contribution in [2.75, 3.05) is 5.32 Å². The third kappa shape index (κ3) is 3.06. The number of rotatable bonds is 4. The number of aryl methyl sites for hydroxylation is 1. The second-order valence-electron chi connectivity index (χ2n) is 6.85. The second-order valence-corrected chi connectivity index (χ2v) is 6.85. The molecule has 1 N–H and O–H groups in total. The SMILES string of the molecule is CCc1nn(C2CCCC2)c(NC(=O)c2ccnc3ccccc23)c1C#N. The van der Waals surface area contributed by atoms with Crippen LogP contribution < -0.4 is 5.32 Å². The number of para-hydroxylation sites is 1. The Morgan fingerprint density at radius 1 is 1.30 bits per heavy atom. The van der Waals surface area contributed by atoms with Crippen molar-refractivity contribution in [3.8, 4) is 6.07 Å². The van der Waals surface area contributed by atoms with Crippen molar-refractivity contribution < 1.29 is 4.79 Å². The molecule has 6 heteroatoms. The number of benzene rings is 1. The van der Waals surface area contributed by atoms with E-state index < -0.39 is 0 Å². The van der Waals surface area contributed by atoms with Gasteiger partial charge in [0.2, 0.25) is 0 Å². The van der Waals surface area contributed by atoms with Gasteiger partial charge in [0.1, 0.15) is 17.5 Å². The van der Waals surface area contributed by atoms with Gasteiger partial charge in [0.25, 0.3) is 5.91 Å². The fourth-order valence-corrected chi connectivity index (χ4v) is 3.85. The molecule has 0 radical (unpaired) electrons. The molecule has 1 amide bonds. The van der Waals surface area contributed by atoms with Crippen LogP contribution in [0.2, 0.25) is 0 Å². The molecule has 0 unspecified atom stereocenters. The minimum absolute atomic E-state index is 0.238. The van der Waals surface area contributed by atoms with Crippen molar-refractivity contribution in [2.24, 2.45) is 0 Å². The van der Waals surface area contributed by atoms with Crippen LogP contribution in [0.1, 0.15) is 60.3 Å². The summed E-state index contributed by atoms with van der Waals surface area (Å²) >= 11 is 0. The van der Waals surface area contributed by atoms with E-state index in [1.807, 2.05) is 35.9 Å². The zero-order valence-electron chi connectivity index (χ0n) is 15.3. The normalized spacial score (nSPS) is 14.4. The number of carbonyl (C=O) groups excluding carboxylic acids is 1. The molecule has 4 rings (SSSR count). The maximum absolute atomic E-state index is 13.1. The van der Waals surface area contributed by atoms with Gasteiger partial charge in [-0.2, -0.15) is 10.4 Å². The molecule has 1 aliphatic rings. The van der Waals surface area contributed by atoms with Crippen molar-refractivity contribution >= 4 is 22.6 Å². The average Bonchev–Trinajstić information content (AvgIpc) is 3.34. The largest absolute Gasteiger partial charge is 0.306 e. The predicted octanol–water partition coefficient (Wildman–Crippen LogP) is 4.23. The van der Waals surface area contributed by atoms with E-state index in [2.05, 4.69) is 21.5 Å². The van der Waals surface area contributed by atoms with E-state index in [9.17, 15) is 10.1 Å². The smallest absolute Gasteiger partial charge is 0.257 e. The van der Waals surface area contributed by atoms with Crippen molar-refractivity contribution in [3.63, 3.8) is 0 Å². The molecule has 0 saturated heterocycles. The highest BCUT2D eigenvalue weighted by atomic mass is 16.1. The Kier molecular flexibility index (Phi) is 4.59. The number of nitrogens with one attached hydrogen (secondary N) is 1. The van der Waals surface area contributed by atoms with Crippen LogP contribution in [0.3, 0.4) is 0 Å². The first-order chi connectivity index (χ1) is 13.2. The van der Waals surface area contributed by atoms with Gasteiger partial charge in [-0.15, -0.1) is 0 Å². The monoisotopic (exact) mass is 359 g/mol. The molecule has 27 heavy (non-hydrogen) atoms. The fourth-order valence-electron chi connectivity index (χ4n) is 3.85. The van der Waals surface area contributed by atoms with Crippen LogP contribution >= 0.6 is 0 Å². The Labute approximate surface area is 157 Å². The Morgan fingerprint density at radius 3 is 2.81 bits per heavy atom. The zero-order valence-corrected chi connectivity index (χ0v) is 15.3. The van der Waals surface area contributed by atoms with Gasteiger partial charge >= 0.3 is 0 Å². The van der Waals surface area contributed by atoms with E-state index in [4.69, 9.17) is 0 Å². The molecule has 0 bridgehead atoms. The lowest BCUT2D eigenvalue weighted by Gasteiger charge is -2.15. The van der Waals surface area contributed by atoms with E-state index in [0.717, 1.165) is 42.3 Å². The lowest BCUT2D eigenvalue weighted by molar-refractivity contribution is 0.102. The summed E-state index contributed by atoms with van der Waals surface area (Å²) in [6.45, 7) is 1.98. The first-order valence-electron chi connectivity index (χ1n) is 9.39. The number of anilines is 1. The summed E-state index contributed by atoms with van der Waals surface area (Å²) in [6.07, 6.45) is 6.64. The van der Waals surface area contributed by atoms with Crippen LogP contribution in [0.25, 0.3) is 10.9 Å². The number of aromatic nitrogens is 3. The number of carbonyl (C=O) groups is 1. The number of nitrogens with zero attached hydrogens (tertiary/aromatic N) is 4. The standard InChI is InChI=1S/C21H21N5O/c1-2-18-17(13-22)20(26(25-18)14-7-3-4-8-14)24-21(27)16-11-12-23-19-10-6-5-9-15(16)19/h5-6,9-12,14H,2-4,7-8H2,1H3,(H,24,27). The fraction of sp³-hybridized carbons (Fsp3) is 0.333. The molecule has 1 aliphatic carbocycles. The Balaban J connectivity index is 1.76. The van der Waals surface area contributed by atoms with E-state index in [-0.39, 0.29) is 11.9 Å². The second kappa shape index (κ2) is 7.20. The predicted molar refractivity (Wildman–Crippen MR) is 104 cm³/mol. The summed E-state index contributed by atoms with van der Waals surface area (Å²) in [7, 11) is 0. The molecule has 2 heterocycles. The lowest BCUT2D eigenvalue weighted by Crippen LogP contribution is -2.18. The molecular weight excluding hydrogens is 338 g/mol. The van der Waals surface area contributed by atoms with E-state index >= 15 is 0 Å². The van der Waals surface area contributed by atoms with Gasteiger partial charge in [0, 0.05) is 11.6 Å². The summed E-state index contributed by atoms with van der Waals surface area (Å²) in [5.41, 5.74) is 2.52. The molecule has 1 aromatic carbocycles. The highest BCUT2D eigenvalue weighted by Gasteiger charge is 2.26. The first kappa shape index (κ1) is 17.2. The number of hydrogen-bond donors (Lipinski definition) is 1. The van der Waals surface area contributed by atoms with Crippen molar-refractivity contribution in [3.05, 3.63) is 53.3 Å². The summed E-state index contributed by atoms with van der Waals surface area (Å²) < 4.78 is 1.87. The Hall–Kier alpha value is -3.20. The van der Waals surface area contributed by atoms with Gasteiger partial charge in [-0.25, -0.2) is 4.68 Å². The highest BCUT2D eigenvalue weighted by Crippen LogP contribution is 2.34. The molecular formula is C21H21N5O. The van der Waals surface area contributed by atoms with E-state index in [1.54, 1.807) is 12.3 Å². The minimum Gasteiger partial charge on any atom is -0.306 e. The number of amides is 1. The molecule has 136 valence electrons. The van der Waals surface area contributed by atoms with Gasteiger partial charge in [-0.3, -0.25) is 9.78 Å². The summed E-state index contributed by atoms with van der Waals surface area (Å²) in [6, 6.07) is 11.7. The van der Waals surface area contributed by atoms with Gasteiger partial charge in [0.15, 0.2) is 0 Å². The summed E-state index contributed by atoms with van der Waals surface area (Å²) in [5, 5.41) is 18.1. The maximum atomic E-state index is 13.1. The number of pyridine rings is 1. The highest BCUT2D eigenvalue weighted by molar-refractivity contribution is 6.12. The van der Waals surface area contributed by atoms with Crippen molar-refractivity contribution in [1.29, 1.82) is 5.26 Å². The number of hydrogen-bond acceptors (Lipinski definition) is 4. The molecule has 0 atom stereocenters. The van der Waals surface area contributed by atoms with Crippen LogP contribution in [0, 0.1) is 11.3 Å². The van der Waals surface area contributed by atoms with E-state index in [1.165, 1.54) is 0 Å². The summed E-state index contributed by atoms with van der Waals surface area (Å²) in [5.74, 6) is 0.277. The van der Waals surface area contributed by atoms with Crippen LogP contribution in [-0.4, -0.2) is 20.7 Å². The van der Waals surface area contributed by atoms with Crippen molar-refractivity contribution in [1.82, 2.24) is 14.8 Å². The van der Waals surface area contributed by atoms with Crippen LogP contribution in [-0.2, 0) is 6.42 Å². The molecule has 3 aromatic rings. The third-order valence-electron chi connectivity index (χ3n) is 5.23. The van der Waals surface area contributed by atoms with Crippen LogP contribution in [0.5, 0.6) is 0 Å². The molecule has 1 saturated carbocycles.